The first kappa shape index (κ1) is 17.9. The Morgan fingerprint density at radius 1 is 1.17 bits per heavy atom. The number of nitrogens with one attached hydrogen (secondary N) is 1. The number of ether oxygens (including phenoxy) is 2. The molecule has 23 heavy (non-hydrogen) atoms. The molecule has 1 aromatic rings. The van der Waals surface area contributed by atoms with Gasteiger partial charge in [0, 0.05) is 18.3 Å². The van der Waals surface area contributed by atoms with Gasteiger partial charge >= 0.3 is 6.29 Å². The number of rotatable bonds is 3. The van der Waals surface area contributed by atoms with Gasteiger partial charge in [0.1, 0.15) is 0 Å². The van der Waals surface area contributed by atoms with Crippen LogP contribution in [0.15, 0.2) is 29.3 Å². The molecule has 1 aliphatic heterocycles. The van der Waals surface area contributed by atoms with E-state index in [1.807, 2.05) is 0 Å². The molecule has 0 atom stereocenters. The van der Waals surface area contributed by atoms with Gasteiger partial charge in [-0.3, -0.25) is 0 Å². The largest absolute Gasteiger partial charge is 0.586 e. The zero-order valence-electron chi connectivity index (χ0n) is 13.5. The van der Waals surface area contributed by atoms with Crippen LogP contribution in [0.4, 0.5) is 14.5 Å². The molecular formula is C17H22ClF2NO2. The number of anilines is 1. The van der Waals surface area contributed by atoms with Crippen LogP contribution in [-0.2, 0) is 0 Å². The molecule has 3 rings (SSSR count). The highest BCUT2D eigenvalue weighted by Gasteiger charge is 2.43. The molecule has 0 fully saturated rings. The van der Waals surface area contributed by atoms with Gasteiger partial charge in [0.25, 0.3) is 0 Å². The molecule has 0 spiro atoms. The molecule has 1 N–H and O–H groups in total. The molecule has 0 aromatic heterocycles. The van der Waals surface area contributed by atoms with Gasteiger partial charge in [0.15, 0.2) is 11.5 Å². The van der Waals surface area contributed by atoms with E-state index in [9.17, 15) is 8.78 Å². The second-order valence-electron chi connectivity index (χ2n) is 6.68. The van der Waals surface area contributed by atoms with Crippen LogP contribution < -0.4 is 14.8 Å². The zero-order valence-corrected chi connectivity index (χ0v) is 14.4. The number of hydrogen-bond donors (Lipinski definition) is 1. The van der Waals surface area contributed by atoms with Crippen LogP contribution in [0.1, 0.15) is 40.0 Å². The van der Waals surface area contributed by atoms with Gasteiger partial charge in [-0.05, 0) is 49.3 Å². The standard InChI is InChI=1S/C17H21F2NO2.ClH/c1-11-5-4-8-16(2,3)13(11)10-20-12-6-7-14-15(9-12)22-17(18,19)21-14;/h6-7,9,20H,4-5,8,10H2,1-3H3;1H. The van der Waals surface area contributed by atoms with E-state index in [2.05, 4.69) is 35.6 Å². The fraction of sp³-hybridized carbons (Fsp3) is 0.529. The van der Waals surface area contributed by atoms with E-state index in [4.69, 9.17) is 0 Å². The summed E-state index contributed by atoms with van der Waals surface area (Å²) in [5.74, 6) is 0.146. The minimum Gasteiger partial charge on any atom is -0.395 e. The smallest absolute Gasteiger partial charge is 0.395 e. The van der Waals surface area contributed by atoms with Crippen molar-refractivity contribution in [2.75, 3.05) is 11.9 Å². The average Bonchev–Trinajstić information content (AvgIpc) is 2.70. The lowest BCUT2D eigenvalue weighted by atomic mass is 9.73. The predicted octanol–water partition coefficient (Wildman–Crippen LogP) is 5.37. The predicted molar refractivity (Wildman–Crippen MR) is 88.7 cm³/mol. The Hall–Kier alpha value is -1.49. The molecular weight excluding hydrogens is 324 g/mol. The molecule has 1 aromatic carbocycles. The summed E-state index contributed by atoms with van der Waals surface area (Å²) in [7, 11) is 0. The van der Waals surface area contributed by atoms with Crippen molar-refractivity contribution in [3.63, 3.8) is 0 Å². The third-order valence-corrected chi connectivity index (χ3v) is 4.56. The summed E-state index contributed by atoms with van der Waals surface area (Å²) in [5.41, 5.74) is 3.76. The third kappa shape index (κ3) is 3.71. The Morgan fingerprint density at radius 2 is 1.87 bits per heavy atom. The molecule has 0 radical (unpaired) electrons. The van der Waals surface area contributed by atoms with Crippen LogP contribution >= 0.6 is 12.4 Å². The lowest BCUT2D eigenvalue weighted by molar-refractivity contribution is -0.286. The Kier molecular flexibility index (Phi) is 4.81. The van der Waals surface area contributed by atoms with E-state index in [0.29, 0.717) is 0 Å². The van der Waals surface area contributed by atoms with E-state index in [1.165, 1.54) is 30.1 Å². The van der Waals surface area contributed by atoms with Gasteiger partial charge in [-0.2, -0.15) is 0 Å². The van der Waals surface area contributed by atoms with Crippen molar-refractivity contribution < 1.29 is 18.3 Å². The maximum Gasteiger partial charge on any atom is 0.586 e. The van der Waals surface area contributed by atoms with Crippen LogP contribution in [0.25, 0.3) is 0 Å². The lowest BCUT2D eigenvalue weighted by Gasteiger charge is -2.35. The second-order valence-corrected chi connectivity index (χ2v) is 6.68. The summed E-state index contributed by atoms with van der Waals surface area (Å²) in [4.78, 5) is 0. The van der Waals surface area contributed by atoms with Crippen molar-refractivity contribution in [3.8, 4) is 11.5 Å². The quantitative estimate of drug-likeness (QED) is 0.747. The minimum absolute atomic E-state index is 0. The normalized spacial score (nSPS) is 20.9. The van der Waals surface area contributed by atoms with Crippen molar-refractivity contribution >= 4 is 18.1 Å². The fourth-order valence-corrected chi connectivity index (χ4v) is 3.31. The zero-order chi connectivity index (χ0) is 16.0. The highest BCUT2D eigenvalue weighted by molar-refractivity contribution is 5.85. The number of hydrogen-bond acceptors (Lipinski definition) is 3. The summed E-state index contributed by atoms with van der Waals surface area (Å²) >= 11 is 0. The lowest BCUT2D eigenvalue weighted by Crippen LogP contribution is -2.26. The van der Waals surface area contributed by atoms with Gasteiger partial charge in [-0.15, -0.1) is 21.2 Å². The van der Waals surface area contributed by atoms with E-state index in [0.717, 1.165) is 18.7 Å². The third-order valence-electron chi connectivity index (χ3n) is 4.56. The molecule has 0 saturated heterocycles. The molecule has 1 aliphatic carbocycles. The monoisotopic (exact) mass is 345 g/mol. The van der Waals surface area contributed by atoms with E-state index in [1.54, 1.807) is 12.1 Å². The van der Waals surface area contributed by atoms with Crippen LogP contribution in [0, 0.1) is 5.41 Å². The number of halogens is 3. The first-order valence-electron chi connectivity index (χ1n) is 7.60. The van der Waals surface area contributed by atoms with Gasteiger partial charge < -0.3 is 14.8 Å². The molecule has 0 unspecified atom stereocenters. The highest BCUT2D eigenvalue weighted by Crippen LogP contribution is 2.43. The first-order chi connectivity index (χ1) is 10.3. The topological polar surface area (TPSA) is 30.5 Å². The van der Waals surface area contributed by atoms with Gasteiger partial charge in [0.05, 0.1) is 0 Å². The molecule has 128 valence electrons. The number of allylic oxidation sites excluding steroid dienone is 1. The summed E-state index contributed by atoms with van der Waals surface area (Å²) < 4.78 is 34.9. The Bertz CT molecular complexity index is 629. The van der Waals surface area contributed by atoms with Crippen LogP contribution in [0.5, 0.6) is 11.5 Å². The van der Waals surface area contributed by atoms with Crippen LogP contribution in [0.2, 0.25) is 0 Å². The summed E-state index contributed by atoms with van der Waals surface area (Å²) in [6, 6.07) is 4.79. The van der Waals surface area contributed by atoms with E-state index >= 15 is 0 Å². The Labute approximate surface area is 141 Å². The SMILES string of the molecule is CC1=C(CNc2ccc3c(c2)OC(F)(F)O3)C(C)(C)CCC1.Cl. The fourth-order valence-electron chi connectivity index (χ4n) is 3.31. The van der Waals surface area contributed by atoms with Crippen molar-refractivity contribution in [2.24, 2.45) is 5.41 Å². The molecule has 1 heterocycles. The molecule has 0 saturated carbocycles. The Balaban J connectivity index is 0.00000192. The first-order valence-corrected chi connectivity index (χ1v) is 7.60. The minimum atomic E-state index is -3.56. The van der Waals surface area contributed by atoms with Crippen LogP contribution in [0.3, 0.4) is 0 Å². The van der Waals surface area contributed by atoms with Gasteiger partial charge in [-0.25, -0.2) is 0 Å². The molecule has 0 amide bonds. The van der Waals surface area contributed by atoms with Crippen LogP contribution in [-0.4, -0.2) is 12.8 Å². The summed E-state index contributed by atoms with van der Waals surface area (Å²) in [6.07, 6.45) is -0.0323. The highest BCUT2D eigenvalue weighted by atomic mass is 35.5. The number of alkyl halides is 2. The van der Waals surface area contributed by atoms with Crippen molar-refractivity contribution in [1.82, 2.24) is 0 Å². The molecule has 6 heteroatoms. The van der Waals surface area contributed by atoms with Crippen molar-refractivity contribution in [1.29, 1.82) is 0 Å². The number of fused-ring (bicyclic) bond motifs is 1. The second kappa shape index (κ2) is 6.19. The molecule has 3 nitrogen and oxygen atoms in total. The maximum absolute atomic E-state index is 13.0. The van der Waals surface area contributed by atoms with E-state index < -0.39 is 6.29 Å². The van der Waals surface area contributed by atoms with Gasteiger partial charge in [0.2, 0.25) is 0 Å². The Morgan fingerprint density at radius 3 is 2.57 bits per heavy atom. The summed E-state index contributed by atoms with van der Waals surface area (Å²) in [5, 5.41) is 3.32. The molecule has 2 aliphatic rings. The molecule has 0 bridgehead atoms. The maximum atomic E-state index is 13.0. The van der Waals surface area contributed by atoms with Crippen molar-refractivity contribution in [3.05, 3.63) is 29.3 Å². The van der Waals surface area contributed by atoms with Crippen molar-refractivity contribution in [2.45, 2.75) is 46.3 Å². The number of benzene rings is 1. The average molecular weight is 346 g/mol. The van der Waals surface area contributed by atoms with Gasteiger partial charge in [-0.1, -0.05) is 19.4 Å². The van der Waals surface area contributed by atoms with E-state index in [-0.39, 0.29) is 29.3 Å². The summed E-state index contributed by atoms with van der Waals surface area (Å²) in [6.45, 7) is 7.41.